The number of phenolic OH excluding ortho intramolecular Hbond substituents is 1. The zero-order chi connectivity index (χ0) is 22.6. The van der Waals surface area contributed by atoms with Gasteiger partial charge < -0.3 is 21.1 Å². The number of carbonyl (C=O) groups excluding carboxylic acids is 1. The molecule has 1 aromatic heterocycles. The molecule has 2 aromatic carbocycles. The molecule has 3 aromatic rings. The fourth-order valence-electron chi connectivity index (χ4n) is 3.12. The van der Waals surface area contributed by atoms with Crippen molar-refractivity contribution in [3.05, 3.63) is 78.1 Å². The maximum absolute atomic E-state index is 12.1. The van der Waals surface area contributed by atoms with Crippen molar-refractivity contribution in [1.82, 2.24) is 25.7 Å². The van der Waals surface area contributed by atoms with Crippen LogP contribution in [0.3, 0.4) is 0 Å². The van der Waals surface area contributed by atoms with E-state index in [-0.39, 0.29) is 35.6 Å². The zero-order valence-corrected chi connectivity index (χ0v) is 21.0. The Morgan fingerprint density at radius 3 is 2.58 bits per heavy atom. The molecule has 0 unspecified atom stereocenters. The molecule has 3 rings (SSSR count). The Balaban J connectivity index is 0.00000385. The Morgan fingerprint density at radius 1 is 1.06 bits per heavy atom. The van der Waals surface area contributed by atoms with Gasteiger partial charge in [0.25, 0.3) is 5.91 Å². The van der Waals surface area contributed by atoms with Crippen LogP contribution in [0.25, 0.3) is 5.69 Å². The normalized spacial score (nSPS) is 10.9. The number of aromatic nitrogens is 2. The summed E-state index contributed by atoms with van der Waals surface area (Å²) in [5.74, 6) is 0.644. The number of halogens is 1. The summed E-state index contributed by atoms with van der Waals surface area (Å²) < 4.78 is 1.84. The second-order valence-corrected chi connectivity index (χ2v) is 7.21. The molecule has 0 saturated heterocycles. The van der Waals surface area contributed by atoms with E-state index >= 15 is 0 Å². The van der Waals surface area contributed by atoms with Gasteiger partial charge in [0.2, 0.25) is 0 Å². The predicted molar refractivity (Wildman–Crippen MR) is 142 cm³/mol. The molecule has 176 valence electrons. The first-order chi connectivity index (χ1) is 15.7. The van der Waals surface area contributed by atoms with Crippen molar-refractivity contribution >= 4 is 35.8 Å². The highest BCUT2D eigenvalue weighted by molar-refractivity contribution is 14.0. The molecule has 1 heterocycles. The van der Waals surface area contributed by atoms with Gasteiger partial charge >= 0.3 is 0 Å². The van der Waals surface area contributed by atoms with Gasteiger partial charge in [-0.2, -0.15) is 5.10 Å². The number of phenols is 1. The quantitative estimate of drug-likeness (QED) is 0.132. The Labute approximate surface area is 211 Å². The van der Waals surface area contributed by atoms with Gasteiger partial charge in [-0.15, -0.1) is 24.0 Å². The molecule has 8 nitrogen and oxygen atoms in total. The molecule has 0 atom stereocenters. The molecule has 1 amide bonds. The standard InChI is InChI=1S/C24H30N6O2.HI/c1-2-25-24(27-14-4-13-26-23(32)20-6-3-7-22(31)18-20)28-16-12-19-8-10-21(11-9-19)30-17-5-15-29-30;/h3,5-11,15,17-18,31H,2,4,12-14,16H2,1H3,(H,26,32)(H2,25,27,28);1H. The number of hydrogen-bond donors (Lipinski definition) is 4. The van der Waals surface area contributed by atoms with Crippen molar-refractivity contribution < 1.29 is 9.90 Å². The highest BCUT2D eigenvalue weighted by Crippen LogP contribution is 2.10. The molecule has 0 aliphatic carbocycles. The Hall–Kier alpha value is -3.08. The van der Waals surface area contributed by atoms with E-state index < -0.39 is 0 Å². The lowest BCUT2D eigenvalue weighted by molar-refractivity contribution is 0.0953. The zero-order valence-electron chi connectivity index (χ0n) is 18.7. The predicted octanol–water partition coefficient (Wildman–Crippen LogP) is 3.11. The van der Waals surface area contributed by atoms with Crippen molar-refractivity contribution in [2.75, 3.05) is 26.2 Å². The number of carbonyl (C=O) groups is 1. The molecule has 0 fully saturated rings. The molecule has 0 saturated carbocycles. The summed E-state index contributed by atoms with van der Waals surface area (Å²) in [5.41, 5.74) is 2.72. The van der Waals surface area contributed by atoms with Gasteiger partial charge in [0.1, 0.15) is 5.75 Å². The van der Waals surface area contributed by atoms with E-state index in [4.69, 9.17) is 0 Å². The lowest BCUT2D eigenvalue weighted by atomic mass is 10.1. The van der Waals surface area contributed by atoms with Crippen LogP contribution in [0.4, 0.5) is 0 Å². The minimum Gasteiger partial charge on any atom is -0.508 e. The van der Waals surface area contributed by atoms with Crippen LogP contribution in [0.1, 0.15) is 29.3 Å². The van der Waals surface area contributed by atoms with E-state index in [2.05, 4.69) is 50.3 Å². The first kappa shape index (κ1) is 26.2. The summed E-state index contributed by atoms with van der Waals surface area (Å²) in [6, 6.07) is 16.6. The van der Waals surface area contributed by atoms with Gasteiger partial charge in [-0.1, -0.05) is 18.2 Å². The highest BCUT2D eigenvalue weighted by atomic mass is 127. The number of nitrogens with zero attached hydrogens (tertiary/aromatic N) is 3. The Kier molecular flexibility index (Phi) is 11.2. The van der Waals surface area contributed by atoms with Crippen LogP contribution in [-0.2, 0) is 6.42 Å². The van der Waals surface area contributed by atoms with E-state index in [9.17, 15) is 9.90 Å². The third kappa shape index (κ3) is 8.76. The highest BCUT2D eigenvalue weighted by Gasteiger charge is 2.05. The van der Waals surface area contributed by atoms with Crippen molar-refractivity contribution in [3.8, 4) is 11.4 Å². The molecule has 0 bridgehead atoms. The lowest BCUT2D eigenvalue weighted by Crippen LogP contribution is -2.38. The second-order valence-electron chi connectivity index (χ2n) is 7.21. The second kappa shape index (κ2) is 14.1. The lowest BCUT2D eigenvalue weighted by Gasteiger charge is -2.12. The van der Waals surface area contributed by atoms with Crippen LogP contribution in [-0.4, -0.2) is 52.9 Å². The van der Waals surface area contributed by atoms with Gasteiger partial charge in [-0.3, -0.25) is 9.79 Å². The maximum atomic E-state index is 12.1. The van der Waals surface area contributed by atoms with Gasteiger partial charge in [-0.25, -0.2) is 4.68 Å². The smallest absolute Gasteiger partial charge is 0.251 e. The average Bonchev–Trinajstić information content (AvgIpc) is 3.34. The number of rotatable bonds is 10. The first-order valence-corrected chi connectivity index (χ1v) is 10.8. The summed E-state index contributed by atoms with van der Waals surface area (Å²) in [6.45, 7) is 4.68. The fraction of sp³-hybridized carbons (Fsp3) is 0.292. The summed E-state index contributed by atoms with van der Waals surface area (Å²) in [6.07, 6.45) is 5.29. The van der Waals surface area contributed by atoms with E-state index in [0.29, 0.717) is 18.7 Å². The molecule has 0 radical (unpaired) electrons. The minimum atomic E-state index is -0.200. The third-order valence-electron chi connectivity index (χ3n) is 4.75. The van der Waals surface area contributed by atoms with E-state index in [1.165, 1.54) is 17.7 Å². The average molecular weight is 562 g/mol. The van der Waals surface area contributed by atoms with Crippen molar-refractivity contribution in [1.29, 1.82) is 0 Å². The maximum Gasteiger partial charge on any atom is 0.251 e. The third-order valence-corrected chi connectivity index (χ3v) is 4.75. The van der Waals surface area contributed by atoms with Crippen LogP contribution in [0.15, 0.2) is 72.0 Å². The van der Waals surface area contributed by atoms with Crippen LogP contribution >= 0.6 is 24.0 Å². The molecule has 0 aliphatic rings. The van der Waals surface area contributed by atoms with E-state index in [0.717, 1.165) is 37.6 Å². The number of aliphatic imine (C=N–C) groups is 1. The van der Waals surface area contributed by atoms with E-state index in [1.807, 2.05) is 23.9 Å². The number of nitrogens with one attached hydrogen (secondary N) is 3. The van der Waals surface area contributed by atoms with Gasteiger partial charge in [0, 0.05) is 44.1 Å². The van der Waals surface area contributed by atoms with Crippen LogP contribution < -0.4 is 16.0 Å². The van der Waals surface area contributed by atoms with Crippen LogP contribution in [0.2, 0.25) is 0 Å². The summed E-state index contributed by atoms with van der Waals surface area (Å²) in [7, 11) is 0. The molecule has 0 spiro atoms. The SMILES string of the molecule is CCNC(=NCCCNC(=O)c1cccc(O)c1)NCCc1ccc(-n2cccn2)cc1.I. The van der Waals surface area contributed by atoms with Crippen molar-refractivity contribution in [2.45, 2.75) is 19.8 Å². The molecule has 0 aliphatic heterocycles. The number of benzene rings is 2. The number of amides is 1. The van der Waals surface area contributed by atoms with Crippen LogP contribution in [0, 0.1) is 0 Å². The molecular formula is C24H31IN6O2. The molecule has 33 heavy (non-hydrogen) atoms. The topological polar surface area (TPSA) is 104 Å². The first-order valence-electron chi connectivity index (χ1n) is 10.8. The number of aromatic hydroxyl groups is 1. The Bertz CT molecular complexity index is 1010. The summed E-state index contributed by atoms with van der Waals surface area (Å²) in [5, 5.41) is 23.1. The summed E-state index contributed by atoms with van der Waals surface area (Å²) in [4.78, 5) is 16.6. The van der Waals surface area contributed by atoms with Gasteiger partial charge in [-0.05, 0) is 61.7 Å². The molecule has 9 heteroatoms. The fourth-order valence-corrected chi connectivity index (χ4v) is 3.12. The van der Waals surface area contributed by atoms with Gasteiger partial charge in [0.05, 0.1) is 5.69 Å². The van der Waals surface area contributed by atoms with E-state index in [1.54, 1.807) is 18.3 Å². The monoisotopic (exact) mass is 562 g/mol. The summed E-state index contributed by atoms with van der Waals surface area (Å²) >= 11 is 0. The molecule has 4 N–H and O–H groups in total. The van der Waals surface area contributed by atoms with Crippen molar-refractivity contribution in [2.24, 2.45) is 4.99 Å². The minimum absolute atomic E-state index is 0. The van der Waals surface area contributed by atoms with Crippen molar-refractivity contribution in [3.63, 3.8) is 0 Å². The Morgan fingerprint density at radius 2 is 1.88 bits per heavy atom. The number of guanidine groups is 1. The molecular weight excluding hydrogens is 531 g/mol. The van der Waals surface area contributed by atoms with Crippen LogP contribution in [0.5, 0.6) is 5.75 Å². The van der Waals surface area contributed by atoms with Gasteiger partial charge in [0.15, 0.2) is 5.96 Å². The number of hydrogen-bond acceptors (Lipinski definition) is 4. The largest absolute Gasteiger partial charge is 0.508 e.